The number of carbonyl (C=O) groups excluding carboxylic acids is 1. The Morgan fingerprint density at radius 3 is 1.96 bits per heavy atom. The van der Waals surface area contributed by atoms with Gasteiger partial charge in [0, 0.05) is 0 Å². The molecule has 0 spiro atoms. The van der Waals surface area contributed by atoms with Crippen LogP contribution in [0.1, 0.15) is 23.6 Å². The minimum Gasteiger partial charge on any atom is -0.342 e. The van der Waals surface area contributed by atoms with Gasteiger partial charge in [-0.25, -0.2) is 4.39 Å². The smallest absolute Gasteiger partial charge is 0.225 e. The average molecular weight is 333 g/mol. The fraction of sp³-hybridized carbons (Fsp3) is 0.136. The molecule has 0 aromatic heterocycles. The molecule has 0 aliphatic heterocycles. The fourth-order valence-corrected chi connectivity index (χ4v) is 3.01. The van der Waals surface area contributed by atoms with Gasteiger partial charge in [0.25, 0.3) is 0 Å². The van der Waals surface area contributed by atoms with Crippen LogP contribution in [0.15, 0.2) is 84.9 Å². The third-order valence-corrected chi connectivity index (χ3v) is 4.35. The first-order chi connectivity index (χ1) is 12.1. The van der Waals surface area contributed by atoms with Crippen molar-refractivity contribution in [3.63, 3.8) is 0 Å². The van der Waals surface area contributed by atoms with Gasteiger partial charge in [0.1, 0.15) is 5.82 Å². The molecule has 1 N–H and O–H groups in total. The fourth-order valence-electron chi connectivity index (χ4n) is 3.01. The minimum absolute atomic E-state index is 0.132. The van der Waals surface area contributed by atoms with Crippen molar-refractivity contribution in [3.8, 4) is 0 Å². The Hall–Kier alpha value is -2.94. The van der Waals surface area contributed by atoms with E-state index in [9.17, 15) is 9.18 Å². The topological polar surface area (TPSA) is 29.1 Å². The summed E-state index contributed by atoms with van der Waals surface area (Å²) >= 11 is 0. The first-order valence-electron chi connectivity index (χ1n) is 8.24. The van der Waals surface area contributed by atoms with Gasteiger partial charge < -0.3 is 5.32 Å². The number of benzene rings is 3. The molecule has 0 unspecified atom stereocenters. The van der Waals surface area contributed by atoms with E-state index in [0.717, 1.165) is 11.1 Å². The number of carbonyl (C=O) groups is 1. The van der Waals surface area contributed by atoms with Crippen molar-refractivity contribution in [3.05, 3.63) is 107 Å². The normalized spacial score (nSPS) is 11.1. The highest BCUT2D eigenvalue weighted by Gasteiger charge is 2.30. The van der Waals surface area contributed by atoms with Gasteiger partial charge >= 0.3 is 0 Å². The van der Waals surface area contributed by atoms with Crippen LogP contribution >= 0.6 is 0 Å². The second-order valence-corrected chi connectivity index (χ2v) is 6.21. The van der Waals surface area contributed by atoms with Gasteiger partial charge in [0.05, 0.1) is 12.0 Å². The van der Waals surface area contributed by atoms with Crippen LogP contribution in [0.25, 0.3) is 0 Å². The summed E-state index contributed by atoms with van der Waals surface area (Å²) in [4.78, 5) is 12.7. The molecule has 0 radical (unpaired) electrons. The zero-order valence-electron chi connectivity index (χ0n) is 14.1. The Labute approximate surface area is 147 Å². The highest BCUT2D eigenvalue weighted by Crippen LogP contribution is 2.29. The van der Waals surface area contributed by atoms with E-state index in [0.29, 0.717) is 5.56 Å². The molecule has 2 nitrogen and oxygen atoms in total. The Bertz CT molecular complexity index is 807. The molecule has 0 saturated carbocycles. The molecule has 0 saturated heterocycles. The van der Waals surface area contributed by atoms with Crippen molar-refractivity contribution < 1.29 is 9.18 Å². The average Bonchev–Trinajstić information content (AvgIpc) is 2.63. The number of rotatable bonds is 5. The molecule has 3 heteroatoms. The van der Waals surface area contributed by atoms with E-state index in [4.69, 9.17) is 0 Å². The van der Waals surface area contributed by atoms with E-state index < -0.39 is 5.54 Å². The van der Waals surface area contributed by atoms with Crippen LogP contribution in [0.4, 0.5) is 4.39 Å². The van der Waals surface area contributed by atoms with Crippen LogP contribution in [0.5, 0.6) is 0 Å². The largest absolute Gasteiger partial charge is 0.342 e. The molecule has 1 amide bonds. The van der Waals surface area contributed by atoms with Gasteiger partial charge in [-0.2, -0.15) is 0 Å². The van der Waals surface area contributed by atoms with E-state index in [1.165, 1.54) is 12.1 Å². The van der Waals surface area contributed by atoms with Gasteiger partial charge in [-0.1, -0.05) is 72.8 Å². The monoisotopic (exact) mass is 333 g/mol. The van der Waals surface area contributed by atoms with Crippen LogP contribution in [0.3, 0.4) is 0 Å². The molecule has 0 heterocycles. The Kier molecular flexibility index (Phi) is 4.94. The molecule has 0 aliphatic rings. The van der Waals surface area contributed by atoms with Gasteiger partial charge in [0.2, 0.25) is 5.91 Å². The lowest BCUT2D eigenvalue weighted by Crippen LogP contribution is -2.45. The summed E-state index contributed by atoms with van der Waals surface area (Å²) in [6.07, 6.45) is 0.132. The third-order valence-electron chi connectivity index (χ3n) is 4.35. The highest BCUT2D eigenvalue weighted by atomic mass is 19.1. The van der Waals surface area contributed by atoms with Crippen LogP contribution in [-0.2, 0) is 16.8 Å². The standard InChI is InChI=1S/C22H20FNO/c1-22(18-10-4-2-5-11-18,19-12-6-3-7-13-19)24-21(25)16-17-9-8-14-20(23)15-17/h2-15H,16H2,1H3,(H,24,25). The summed E-state index contributed by atoms with van der Waals surface area (Å²) in [5, 5.41) is 3.13. The van der Waals surface area contributed by atoms with Gasteiger partial charge in [0.15, 0.2) is 0 Å². The van der Waals surface area contributed by atoms with Gasteiger partial charge in [-0.15, -0.1) is 0 Å². The summed E-state index contributed by atoms with van der Waals surface area (Å²) in [5.41, 5.74) is 1.98. The Morgan fingerprint density at radius 2 is 1.44 bits per heavy atom. The molecule has 3 aromatic rings. The number of halogens is 1. The second-order valence-electron chi connectivity index (χ2n) is 6.21. The van der Waals surface area contributed by atoms with Crippen molar-refractivity contribution in [2.75, 3.05) is 0 Å². The summed E-state index contributed by atoms with van der Waals surface area (Å²) in [5.74, 6) is -0.486. The predicted octanol–water partition coefficient (Wildman–Crippen LogP) is 4.45. The third kappa shape index (κ3) is 3.94. The molecular formula is C22H20FNO. The maximum absolute atomic E-state index is 13.4. The molecule has 0 aliphatic carbocycles. The van der Waals surface area contributed by atoms with E-state index in [2.05, 4.69) is 5.32 Å². The van der Waals surface area contributed by atoms with Crippen LogP contribution in [-0.4, -0.2) is 5.91 Å². The zero-order chi connectivity index (χ0) is 17.7. The molecule has 126 valence electrons. The molecule has 3 aromatic carbocycles. The molecule has 25 heavy (non-hydrogen) atoms. The van der Waals surface area contributed by atoms with E-state index >= 15 is 0 Å². The van der Waals surface area contributed by atoms with Gasteiger partial charge in [-0.3, -0.25) is 4.79 Å². The second kappa shape index (κ2) is 7.31. The first kappa shape index (κ1) is 16.9. The lowest BCUT2D eigenvalue weighted by atomic mass is 9.84. The van der Waals surface area contributed by atoms with Crippen molar-refractivity contribution in [1.82, 2.24) is 5.32 Å². The van der Waals surface area contributed by atoms with Crippen molar-refractivity contribution in [2.45, 2.75) is 18.9 Å². The van der Waals surface area contributed by atoms with E-state index in [1.807, 2.05) is 67.6 Å². The molecule has 0 bridgehead atoms. The van der Waals surface area contributed by atoms with E-state index in [-0.39, 0.29) is 18.1 Å². The molecule has 0 atom stereocenters. The summed E-state index contributed by atoms with van der Waals surface area (Å²) in [7, 11) is 0. The van der Waals surface area contributed by atoms with Crippen LogP contribution < -0.4 is 5.32 Å². The predicted molar refractivity (Wildman–Crippen MR) is 97.6 cm³/mol. The molecular weight excluding hydrogens is 313 g/mol. The van der Waals surface area contributed by atoms with Crippen molar-refractivity contribution in [1.29, 1.82) is 0 Å². The van der Waals surface area contributed by atoms with Gasteiger partial charge in [-0.05, 0) is 35.7 Å². The summed E-state index contributed by atoms with van der Waals surface area (Å²) in [6, 6.07) is 25.8. The minimum atomic E-state index is -0.660. The van der Waals surface area contributed by atoms with E-state index in [1.54, 1.807) is 12.1 Å². The Morgan fingerprint density at radius 1 is 0.880 bits per heavy atom. The SMILES string of the molecule is CC(NC(=O)Cc1cccc(F)c1)(c1ccccc1)c1ccccc1. The summed E-state index contributed by atoms with van der Waals surface area (Å²) < 4.78 is 13.4. The van der Waals surface area contributed by atoms with Crippen molar-refractivity contribution in [2.24, 2.45) is 0 Å². The summed E-state index contributed by atoms with van der Waals surface area (Å²) in [6.45, 7) is 1.99. The first-order valence-corrected chi connectivity index (χ1v) is 8.24. The quantitative estimate of drug-likeness (QED) is 0.734. The maximum Gasteiger partial charge on any atom is 0.225 e. The maximum atomic E-state index is 13.4. The zero-order valence-corrected chi connectivity index (χ0v) is 14.1. The van der Waals surface area contributed by atoms with Crippen molar-refractivity contribution >= 4 is 5.91 Å². The molecule has 0 fully saturated rings. The number of hydrogen-bond acceptors (Lipinski definition) is 1. The molecule has 3 rings (SSSR count). The Balaban J connectivity index is 1.89. The van der Waals surface area contributed by atoms with Crippen LogP contribution in [0.2, 0.25) is 0 Å². The number of amides is 1. The lowest BCUT2D eigenvalue weighted by molar-refractivity contribution is -0.121. The van der Waals surface area contributed by atoms with Crippen LogP contribution in [0, 0.1) is 5.82 Å². The highest BCUT2D eigenvalue weighted by molar-refractivity contribution is 5.80. The number of nitrogens with one attached hydrogen (secondary N) is 1. The number of hydrogen-bond donors (Lipinski definition) is 1. The lowest BCUT2D eigenvalue weighted by Gasteiger charge is -2.32.